The molecule has 18 heavy (non-hydrogen) atoms. The van der Waals surface area contributed by atoms with Gasteiger partial charge in [-0.05, 0) is 24.3 Å². The van der Waals surface area contributed by atoms with Gasteiger partial charge in [0, 0.05) is 21.9 Å². The first-order valence-electron chi connectivity index (χ1n) is 4.68. The molecule has 0 aliphatic rings. The van der Waals surface area contributed by atoms with Gasteiger partial charge in [-0.25, -0.2) is 17.6 Å². The van der Waals surface area contributed by atoms with Gasteiger partial charge in [0.25, 0.3) is 0 Å². The summed E-state index contributed by atoms with van der Waals surface area (Å²) in [5, 5.41) is 0. The van der Waals surface area contributed by atoms with E-state index in [1.54, 1.807) is 0 Å². The van der Waals surface area contributed by atoms with E-state index in [1.807, 2.05) is 0 Å². The summed E-state index contributed by atoms with van der Waals surface area (Å²) in [4.78, 5) is 0.327. The molecule has 0 N–H and O–H groups in total. The summed E-state index contributed by atoms with van der Waals surface area (Å²) >= 11 is 7.41. The van der Waals surface area contributed by atoms with Gasteiger partial charge >= 0.3 is 0 Å². The van der Waals surface area contributed by atoms with E-state index < -0.39 is 23.3 Å². The molecule has 0 saturated heterocycles. The quantitative estimate of drug-likeness (QED) is 0.518. The van der Waals surface area contributed by atoms with Gasteiger partial charge in [-0.1, -0.05) is 0 Å². The first-order valence-corrected chi connectivity index (χ1v) is 5.57. The molecule has 0 radical (unpaired) electrons. The number of benzene rings is 2. The van der Waals surface area contributed by atoms with Gasteiger partial charge in [0.1, 0.15) is 23.3 Å². The molecule has 96 valence electrons. The van der Waals surface area contributed by atoms with Crippen molar-refractivity contribution < 1.29 is 17.6 Å². The van der Waals surface area contributed by atoms with E-state index >= 15 is 0 Å². The van der Waals surface area contributed by atoms with Crippen molar-refractivity contribution in [2.45, 2.75) is 9.79 Å². The Morgan fingerprint density at radius 2 is 0.944 bits per heavy atom. The van der Waals surface area contributed by atoms with E-state index in [0.29, 0.717) is 0 Å². The Morgan fingerprint density at radius 1 is 0.611 bits per heavy atom. The van der Waals surface area contributed by atoms with Crippen LogP contribution < -0.4 is 0 Å². The number of halogens is 4. The molecule has 0 aromatic heterocycles. The van der Waals surface area contributed by atoms with Gasteiger partial charge in [0.15, 0.2) is 0 Å². The predicted octanol–water partition coefficient (Wildman–Crippen LogP) is 4.51. The van der Waals surface area contributed by atoms with E-state index in [-0.39, 0.29) is 9.79 Å². The Morgan fingerprint density at radius 3 is 1.17 bits per heavy atom. The topological polar surface area (TPSA) is 0 Å². The largest absolute Gasteiger partial charge is 0.207 e. The molecule has 2 aromatic carbocycles. The van der Waals surface area contributed by atoms with Crippen molar-refractivity contribution in [1.29, 1.82) is 0 Å². The third-order valence-corrected chi connectivity index (χ3v) is 2.54. The Kier molecular flexibility index (Phi) is 5.55. The van der Waals surface area contributed by atoms with Gasteiger partial charge in [-0.2, -0.15) is 0 Å². The Bertz CT molecular complexity index is 494. The Hall–Kier alpha value is -1.14. The smallest absolute Gasteiger partial charge is 0.139 e. The average molecular weight is 292 g/mol. The zero-order valence-corrected chi connectivity index (χ0v) is 10.7. The maximum atomic E-state index is 12.3. The summed E-state index contributed by atoms with van der Waals surface area (Å²) in [7, 11) is 0. The van der Waals surface area contributed by atoms with Crippen molar-refractivity contribution >= 4 is 25.3 Å². The van der Waals surface area contributed by atoms with Gasteiger partial charge in [0.2, 0.25) is 0 Å². The highest BCUT2D eigenvalue weighted by Crippen LogP contribution is 2.12. The van der Waals surface area contributed by atoms with Crippen LogP contribution in [0.15, 0.2) is 46.2 Å². The van der Waals surface area contributed by atoms with Gasteiger partial charge in [0.05, 0.1) is 0 Å². The number of hydrogen-bond acceptors (Lipinski definition) is 2. The summed E-state index contributed by atoms with van der Waals surface area (Å²) in [6, 6.07) is 6.45. The highest BCUT2D eigenvalue weighted by Gasteiger charge is 1.97. The second-order valence-electron chi connectivity index (χ2n) is 3.19. The minimum absolute atomic E-state index is 0.163. The molecule has 0 bridgehead atoms. The highest BCUT2D eigenvalue weighted by atomic mass is 32.1. The lowest BCUT2D eigenvalue weighted by molar-refractivity contribution is 0.565. The van der Waals surface area contributed by atoms with Crippen molar-refractivity contribution in [1.82, 2.24) is 0 Å². The molecule has 0 fully saturated rings. The molecule has 0 amide bonds. The van der Waals surface area contributed by atoms with Crippen molar-refractivity contribution in [3.05, 3.63) is 59.7 Å². The van der Waals surface area contributed by atoms with Crippen LogP contribution in [0.5, 0.6) is 0 Å². The summed E-state index contributed by atoms with van der Waals surface area (Å²) in [5.74, 6) is -2.41. The summed E-state index contributed by atoms with van der Waals surface area (Å²) < 4.78 is 48.7. The minimum Gasteiger partial charge on any atom is -0.207 e. The van der Waals surface area contributed by atoms with Gasteiger partial charge in [-0.3, -0.25) is 0 Å². The Labute approximate surface area is 112 Å². The SMILES string of the molecule is Fc1ccc(S)c(F)c1.Fc1ccc(S)c(F)c1. The van der Waals surface area contributed by atoms with E-state index in [4.69, 9.17) is 0 Å². The lowest BCUT2D eigenvalue weighted by atomic mass is 10.3. The number of thiol groups is 2. The van der Waals surface area contributed by atoms with Crippen molar-refractivity contribution in [3.8, 4) is 0 Å². The van der Waals surface area contributed by atoms with Crippen LogP contribution in [-0.2, 0) is 0 Å². The molecular weight excluding hydrogens is 284 g/mol. The van der Waals surface area contributed by atoms with E-state index in [9.17, 15) is 17.6 Å². The molecule has 0 spiro atoms. The van der Waals surface area contributed by atoms with Crippen LogP contribution in [0.4, 0.5) is 17.6 Å². The molecular formula is C12H8F4S2. The van der Waals surface area contributed by atoms with Crippen LogP contribution in [0.3, 0.4) is 0 Å². The fourth-order valence-electron chi connectivity index (χ4n) is 0.963. The predicted molar refractivity (Wildman–Crippen MR) is 67.2 cm³/mol. The normalized spacial score (nSPS) is 9.67. The molecule has 2 rings (SSSR count). The lowest BCUT2D eigenvalue weighted by Gasteiger charge is -1.91. The van der Waals surface area contributed by atoms with Crippen LogP contribution in [0.2, 0.25) is 0 Å². The van der Waals surface area contributed by atoms with Crippen LogP contribution >= 0.6 is 25.3 Å². The van der Waals surface area contributed by atoms with Crippen LogP contribution in [0, 0.1) is 23.3 Å². The van der Waals surface area contributed by atoms with E-state index in [0.717, 1.165) is 24.3 Å². The first kappa shape index (κ1) is 14.9. The molecule has 0 saturated carbocycles. The van der Waals surface area contributed by atoms with Crippen molar-refractivity contribution in [2.75, 3.05) is 0 Å². The summed E-state index contributed by atoms with van der Waals surface area (Å²) in [6.45, 7) is 0. The van der Waals surface area contributed by atoms with Crippen molar-refractivity contribution in [2.24, 2.45) is 0 Å². The summed E-state index contributed by atoms with van der Waals surface area (Å²) in [5.41, 5.74) is 0. The molecule has 0 atom stereocenters. The van der Waals surface area contributed by atoms with Crippen LogP contribution in [0.1, 0.15) is 0 Å². The minimum atomic E-state index is -0.627. The fourth-order valence-corrected chi connectivity index (χ4v) is 1.24. The molecule has 0 aliphatic heterocycles. The standard InChI is InChI=1S/2C6H4F2S/c2*7-4-1-2-6(9)5(8)3-4/h2*1-3,9H. The monoisotopic (exact) mass is 292 g/mol. The zero-order chi connectivity index (χ0) is 13.7. The maximum Gasteiger partial charge on any atom is 0.139 e. The zero-order valence-electron chi connectivity index (χ0n) is 8.87. The van der Waals surface area contributed by atoms with Gasteiger partial charge in [-0.15, -0.1) is 25.3 Å². The molecule has 2 aromatic rings. The highest BCUT2D eigenvalue weighted by molar-refractivity contribution is 7.80. The fraction of sp³-hybridized carbons (Fsp3) is 0. The maximum absolute atomic E-state index is 12.3. The summed E-state index contributed by atoms with van der Waals surface area (Å²) in [6.07, 6.45) is 0. The molecule has 0 unspecified atom stereocenters. The molecule has 0 nitrogen and oxygen atoms in total. The lowest BCUT2D eigenvalue weighted by Crippen LogP contribution is -1.78. The first-order chi connectivity index (χ1) is 8.40. The second kappa shape index (κ2) is 6.70. The van der Waals surface area contributed by atoms with Crippen LogP contribution in [0.25, 0.3) is 0 Å². The van der Waals surface area contributed by atoms with Gasteiger partial charge < -0.3 is 0 Å². The second-order valence-corrected chi connectivity index (χ2v) is 4.16. The molecule has 0 aliphatic carbocycles. The number of hydrogen-bond donors (Lipinski definition) is 2. The van der Waals surface area contributed by atoms with E-state index in [1.165, 1.54) is 12.1 Å². The average Bonchev–Trinajstić information content (AvgIpc) is 2.30. The van der Waals surface area contributed by atoms with Crippen molar-refractivity contribution in [3.63, 3.8) is 0 Å². The third-order valence-electron chi connectivity index (χ3n) is 1.82. The van der Waals surface area contributed by atoms with Crippen LogP contribution in [-0.4, -0.2) is 0 Å². The molecule has 6 heteroatoms. The Balaban J connectivity index is 0.000000180. The van der Waals surface area contributed by atoms with E-state index in [2.05, 4.69) is 25.3 Å². The number of rotatable bonds is 0. The third kappa shape index (κ3) is 4.62. The molecule has 0 heterocycles.